The van der Waals surface area contributed by atoms with Crippen LogP contribution in [0.25, 0.3) is 0 Å². The van der Waals surface area contributed by atoms with Crippen molar-refractivity contribution in [2.45, 2.75) is 6.04 Å². The van der Waals surface area contributed by atoms with Gasteiger partial charge in [-0.15, -0.1) is 5.10 Å². The monoisotopic (exact) mass is 299 g/mol. The highest BCUT2D eigenvalue weighted by Crippen LogP contribution is 2.24. The van der Waals surface area contributed by atoms with E-state index in [1.54, 1.807) is 24.0 Å². The third-order valence-corrected chi connectivity index (χ3v) is 2.89. The van der Waals surface area contributed by atoms with Crippen LogP contribution in [-0.2, 0) is 7.05 Å². The van der Waals surface area contributed by atoms with Gasteiger partial charge in [0, 0.05) is 11.5 Å². The number of nitrogens with one attached hydrogen (secondary N) is 1. The maximum atomic E-state index is 13.3. The van der Waals surface area contributed by atoms with E-state index in [4.69, 9.17) is 5.84 Å². The summed E-state index contributed by atoms with van der Waals surface area (Å²) in [4.78, 5) is 0. The summed E-state index contributed by atoms with van der Waals surface area (Å²) in [5, 5.41) is 7.59. The summed E-state index contributed by atoms with van der Waals surface area (Å²) in [5.41, 5.74) is 4.08. The standard InChI is InChI=1S/C10H11BrFN5/c1-17-9(5-14-16-17)10(15-13)6-2-7(11)4-8(12)3-6/h2-5,10,15H,13H2,1H3. The minimum atomic E-state index is -0.359. The van der Waals surface area contributed by atoms with Crippen molar-refractivity contribution in [1.82, 2.24) is 20.4 Å². The van der Waals surface area contributed by atoms with Gasteiger partial charge in [-0.3, -0.25) is 10.5 Å². The van der Waals surface area contributed by atoms with Gasteiger partial charge in [0.05, 0.1) is 17.9 Å². The van der Waals surface area contributed by atoms with Crippen molar-refractivity contribution in [3.8, 4) is 0 Å². The largest absolute Gasteiger partial charge is 0.271 e. The summed E-state index contributed by atoms with van der Waals surface area (Å²) in [6, 6.07) is 4.24. The number of benzene rings is 1. The highest BCUT2D eigenvalue weighted by atomic mass is 79.9. The zero-order valence-corrected chi connectivity index (χ0v) is 10.6. The first-order chi connectivity index (χ1) is 8.11. The van der Waals surface area contributed by atoms with Crippen molar-refractivity contribution >= 4 is 15.9 Å². The summed E-state index contributed by atoms with van der Waals surface area (Å²) in [7, 11) is 1.75. The molecule has 0 bridgehead atoms. The molecule has 0 fully saturated rings. The number of hydrazine groups is 1. The van der Waals surface area contributed by atoms with Crippen molar-refractivity contribution in [2.75, 3.05) is 0 Å². The van der Waals surface area contributed by atoms with Crippen LogP contribution in [0, 0.1) is 5.82 Å². The number of aromatic nitrogens is 3. The fourth-order valence-corrected chi connectivity index (χ4v) is 2.14. The highest BCUT2D eigenvalue weighted by molar-refractivity contribution is 9.10. The van der Waals surface area contributed by atoms with Gasteiger partial charge in [-0.1, -0.05) is 21.1 Å². The minimum Gasteiger partial charge on any atom is -0.271 e. The molecule has 0 amide bonds. The Bertz CT molecular complexity index is 507. The first-order valence-electron chi connectivity index (χ1n) is 4.88. The van der Waals surface area contributed by atoms with Crippen molar-refractivity contribution in [3.63, 3.8) is 0 Å². The van der Waals surface area contributed by atoms with Crippen LogP contribution in [-0.4, -0.2) is 15.0 Å². The summed E-state index contributed by atoms with van der Waals surface area (Å²) < 4.78 is 15.6. The summed E-state index contributed by atoms with van der Waals surface area (Å²) in [5.74, 6) is 5.18. The van der Waals surface area contributed by atoms with E-state index in [0.29, 0.717) is 10.0 Å². The van der Waals surface area contributed by atoms with Crippen LogP contribution in [0.2, 0.25) is 0 Å². The number of halogens is 2. The van der Waals surface area contributed by atoms with Crippen LogP contribution in [0.1, 0.15) is 17.3 Å². The minimum absolute atomic E-state index is 0.329. The molecule has 0 radical (unpaired) electrons. The van der Waals surface area contributed by atoms with E-state index in [2.05, 4.69) is 31.7 Å². The van der Waals surface area contributed by atoms with Crippen LogP contribution >= 0.6 is 15.9 Å². The van der Waals surface area contributed by atoms with Gasteiger partial charge in [-0.2, -0.15) is 0 Å². The van der Waals surface area contributed by atoms with Crippen molar-refractivity contribution < 1.29 is 4.39 Å². The number of aryl methyl sites for hydroxylation is 1. The van der Waals surface area contributed by atoms with Crippen molar-refractivity contribution in [2.24, 2.45) is 12.9 Å². The normalized spacial score (nSPS) is 12.7. The number of hydrogen-bond donors (Lipinski definition) is 2. The van der Waals surface area contributed by atoms with Gasteiger partial charge in [-0.25, -0.2) is 9.82 Å². The third-order valence-electron chi connectivity index (χ3n) is 2.43. The predicted molar refractivity (Wildman–Crippen MR) is 64.3 cm³/mol. The summed E-state index contributed by atoms with van der Waals surface area (Å²) >= 11 is 3.25. The number of hydrogen-bond acceptors (Lipinski definition) is 4. The molecule has 7 heteroatoms. The fourth-order valence-electron chi connectivity index (χ4n) is 1.65. The Labute approximate surface area is 106 Å². The number of nitrogens with two attached hydrogens (primary N) is 1. The average Bonchev–Trinajstić information content (AvgIpc) is 2.65. The highest BCUT2D eigenvalue weighted by Gasteiger charge is 2.17. The molecule has 0 aliphatic carbocycles. The van der Waals surface area contributed by atoms with Crippen LogP contribution in [0.5, 0.6) is 0 Å². The van der Waals surface area contributed by atoms with Gasteiger partial charge >= 0.3 is 0 Å². The Morgan fingerprint density at radius 2 is 2.24 bits per heavy atom. The van der Waals surface area contributed by atoms with Gasteiger partial charge in [0.2, 0.25) is 0 Å². The number of nitrogens with zero attached hydrogens (tertiary/aromatic N) is 3. The molecule has 2 aromatic rings. The van der Waals surface area contributed by atoms with E-state index in [0.717, 1.165) is 5.69 Å². The van der Waals surface area contributed by atoms with Gasteiger partial charge in [-0.05, 0) is 23.8 Å². The molecule has 0 saturated carbocycles. The average molecular weight is 300 g/mol. The van der Waals surface area contributed by atoms with E-state index in [1.165, 1.54) is 12.1 Å². The fraction of sp³-hybridized carbons (Fsp3) is 0.200. The SMILES string of the molecule is Cn1nncc1C(NN)c1cc(F)cc(Br)c1. The molecular formula is C10H11BrFN5. The molecule has 3 N–H and O–H groups in total. The Kier molecular flexibility index (Phi) is 3.51. The maximum absolute atomic E-state index is 13.3. The molecule has 1 aromatic carbocycles. The van der Waals surface area contributed by atoms with Gasteiger partial charge in [0.15, 0.2) is 0 Å². The lowest BCUT2D eigenvalue weighted by molar-refractivity contribution is 0.562. The molecule has 1 unspecified atom stereocenters. The molecule has 90 valence electrons. The van der Waals surface area contributed by atoms with Crippen LogP contribution in [0.4, 0.5) is 4.39 Å². The van der Waals surface area contributed by atoms with Crippen LogP contribution in [0.15, 0.2) is 28.9 Å². The number of rotatable bonds is 3. The van der Waals surface area contributed by atoms with Gasteiger partial charge in [0.25, 0.3) is 0 Å². The van der Waals surface area contributed by atoms with Gasteiger partial charge < -0.3 is 0 Å². The lowest BCUT2D eigenvalue weighted by Crippen LogP contribution is -2.30. The molecule has 1 heterocycles. The summed E-state index contributed by atoms with van der Waals surface area (Å²) in [6.45, 7) is 0. The zero-order valence-electron chi connectivity index (χ0n) is 9.06. The van der Waals surface area contributed by atoms with Crippen LogP contribution < -0.4 is 11.3 Å². The molecule has 1 atom stereocenters. The second-order valence-corrected chi connectivity index (χ2v) is 4.50. The Hall–Kier alpha value is -1.31. The second kappa shape index (κ2) is 4.91. The van der Waals surface area contributed by atoms with E-state index < -0.39 is 0 Å². The zero-order chi connectivity index (χ0) is 12.4. The lowest BCUT2D eigenvalue weighted by Gasteiger charge is -2.16. The Balaban J connectivity index is 2.45. The first-order valence-corrected chi connectivity index (χ1v) is 5.68. The van der Waals surface area contributed by atoms with Gasteiger partial charge in [0.1, 0.15) is 5.82 Å². The maximum Gasteiger partial charge on any atom is 0.124 e. The van der Waals surface area contributed by atoms with Crippen molar-refractivity contribution in [3.05, 3.63) is 45.9 Å². The molecule has 0 saturated heterocycles. The van der Waals surface area contributed by atoms with E-state index >= 15 is 0 Å². The molecule has 1 aromatic heterocycles. The molecule has 0 spiro atoms. The molecular weight excluding hydrogens is 289 g/mol. The van der Waals surface area contributed by atoms with Crippen LogP contribution in [0.3, 0.4) is 0 Å². The molecule has 0 aliphatic rings. The van der Waals surface area contributed by atoms with Crippen molar-refractivity contribution in [1.29, 1.82) is 0 Å². The van der Waals surface area contributed by atoms with E-state index in [1.807, 2.05) is 0 Å². The quantitative estimate of drug-likeness (QED) is 0.661. The smallest absolute Gasteiger partial charge is 0.124 e. The van der Waals surface area contributed by atoms with E-state index in [-0.39, 0.29) is 11.9 Å². The Morgan fingerprint density at radius 1 is 1.47 bits per heavy atom. The topological polar surface area (TPSA) is 68.8 Å². The molecule has 17 heavy (non-hydrogen) atoms. The van der Waals surface area contributed by atoms with E-state index in [9.17, 15) is 4.39 Å². The molecule has 5 nitrogen and oxygen atoms in total. The first kappa shape index (κ1) is 12.2. The second-order valence-electron chi connectivity index (χ2n) is 3.58. The lowest BCUT2D eigenvalue weighted by atomic mass is 10.0. The summed E-state index contributed by atoms with van der Waals surface area (Å²) in [6.07, 6.45) is 1.59. The Morgan fingerprint density at radius 3 is 2.76 bits per heavy atom. The predicted octanol–water partition coefficient (Wildman–Crippen LogP) is 1.27. The third kappa shape index (κ3) is 2.51. The molecule has 2 rings (SSSR count). The molecule has 0 aliphatic heterocycles.